The lowest BCUT2D eigenvalue weighted by atomic mass is 10.4. The summed E-state index contributed by atoms with van der Waals surface area (Å²) in [5.41, 5.74) is 0. The Balaban J connectivity index is 2.13. The molecule has 0 atom stereocenters. The second-order valence-electron chi connectivity index (χ2n) is 3.08. The summed E-state index contributed by atoms with van der Waals surface area (Å²) in [7, 11) is 1.90. The Bertz CT molecular complexity index is 436. The SMILES string of the molecule is CNCCc1ncc(-c2ccc(Br)o2)o1. The first-order chi connectivity index (χ1) is 7.29. The highest BCUT2D eigenvalue weighted by Gasteiger charge is 2.09. The van der Waals surface area contributed by atoms with Gasteiger partial charge in [0.25, 0.3) is 0 Å². The molecule has 4 nitrogen and oxygen atoms in total. The molecule has 5 heteroatoms. The van der Waals surface area contributed by atoms with Gasteiger partial charge in [-0.15, -0.1) is 0 Å². The molecule has 0 aliphatic rings. The summed E-state index contributed by atoms with van der Waals surface area (Å²) in [5, 5.41) is 3.04. The summed E-state index contributed by atoms with van der Waals surface area (Å²) >= 11 is 3.24. The van der Waals surface area contributed by atoms with E-state index >= 15 is 0 Å². The number of nitrogens with zero attached hydrogens (tertiary/aromatic N) is 1. The number of likely N-dealkylation sites (N-methyl/N-ethyl adjacent to an activating group) is 1. The highest BCUT2D eigenvalue weighted by atomic mass is 79.9. The minimum absolute atomic E-state index is 0.659. The van der Waals surface area contributed by atoms with Crippen molar-refractivity contribution in [1.29, 1.82) is 0 Å². The molecule has 0 radical (unpaired) electrons. The molecular weight excluding hydrogens is 260 g/mol. The molecule has 0 amide bonds. The largest absolute Gasteiger partial charge is 0.446 e. The maximum absolute atomic E-state index is 5.52. The monoisotopic (exact) mass is 270 g/mol. The number of nitrogens with one attached hydrogen (secondary N) is 1. The van der Waals surface area contributed by atoms with Gasteiger partial charge in [-0.3, -0.25) is 0 Å². The Kier molecular flexibility index (Phi) is 3.23. The molecule has 0 aliphatic carbocycles. The van der Waals surface area contributed by atoms with E-state index in [0.29, 0.717) is 22.1 Å². The Morgan fingerprint density at radius 1 is 1.33 bits per heavy atom. The van der Waals surface area contributed by atoms with Crippen molar-refractivity contribution in [2.45, 2.75) is 6.42 Å². The second-order valence-corrected chi connectivity index (χ2v) is 3.86. The lowest BCUT2D eigenvalue weighted by Crippen LogP contribution is -2.10. The smallest absolute Gasteiger partial charge is 0.196 e. The molecule has 0 fully saturated rings. The number of rotatable bonds is 4. The Morgan fingerprint density at radius 3 is 2.87 bits per heavy atom. The van der Waals surface area contributed by atoms with Gasteiger partial charge in [0.1, 0.15) is 0 Å². The molecule has 2 rings (SSSR count). The van der Waals surface area contributed by atoms with Crippen LogP contribution in [-0.4, -0.2) is 18.6 Å². The van der Waals surface area contributed by atoms with E-state index in [2.05, 4.69) is 26.2 Å². The molecule has 15 heavy (non-hydrogen) atoms. The molecule has 0 aromatic carbocycles. The average Bonchev–Trinajstić information content (AvgIpc) is 2.83. The first kappa shape index (κ1) is 10.4. The number of furan rings is 1. The third kappa shape index (κ3) is 2.49. The topological polar surface area (TPSA) is 51.2 Å². The van der Waals surface area contributed by atoms with Crippen molar-refractivity contribution in [2.75, 3.05) is 13.6 Å². The van der Waals surface area contributed by atoms with E-state index in [4.69, 9.17) is 8.83 Å². The van der Waals surface area contributed by atoms with E-state index in [-0.39, 0.29) is 0 Å². The van der Waals surface area contributed by atoms with Gasteiger partial charge in [-0.05, 0) is 35.1 Å². The average molecular weight is 271 g/mol. The summed E-state index contributed by atoms with van der Waals surface area (Å²) in [6.45, 7) is 0.849. The van der Waals surface area contributed by atoms with Crippen LogP contribution in [0.2, 0.25) is 0 Å². The predicted molar refractivity (Wildman–Crippen MR) is 59.5 cm³/mol. The van der Waals surface area contributed by atoms with Crippen LogP contribution in [0.5, 0.6) is 0 Å². The van der Waals surface area contributed by atoms with Crippen LogP contribution in [0, 0.1) is 0 Å². The molecule has 1 N–H and O–H groups in total. The van der Waals surface area contributed by atoms with Crippen molar-refractivity contribution in [2.24, 2.45) is 0 Å². The number of oxazole rings is 1. The standard InChI is InChI=1S/C10H11BrN2O2/c1-12-5-4-10-13-6-8(15-10)7-2-3-9(11)14-7/h2-3,6,12H,4-5H2,1H3. The van der Waals surface area contributed by atoms with Crippen LogP contribution < -0.4 is 5.32 Å². The fourth-order valence-electron chi connectivity index (χ4n) is 1.22. The summed E-state index contributed by atoms with van der Waals surface area (Å²) in [5.74, 6) is 2.06. The van der Waals surface area contributed by atoms with Crippen LogP contribution in [0.4, 0.5) is 0 Å². The number of aromatic nitrogens is 1. The van der Waals surface area contributed by atoms with Crippen LogP contribution in [0.3, 0.4) is 0 Å². The third-order valence-corrected chi connectivity index (χ3v) is 2.38. The molecule has 0 saturated carbocycles. The van der Waals surface area contributed by atoms with E-state index in [0.717, 1.165) is 13.0 Å². The van der Waals surface area contributed by atoms with E-state index in [1.807, 2.05) is 19.2 Å². The van der Waals surface area contributed by atoms with Crippen LogP contribution in [0.1, 0.15) is 5.89 Å². The van der Waals surface area contributed by atoms with Crippen LogP contribution >= 0.6 is 15.9 Å². The fourth-order valence-corrected chi connectivity index (χ4v) is 1.52. The Labute approximate surface area is 95.8 Å². The van der Waals surface area contributed by atoms with E-state index in [9.17, 15) is 0 Å². The van der Waals surface area contributed by atoms with Gasteiger partial charge < -0.3 is 14.2 Å². The van der Waals surface area contributed by atoms with Crippen molar-refractivity contribution < 1.29 is 8.83 Å². The fraction of sp³-hybridized carbons (Fsp3) is 0.300. The van der Waals surface area contributed by atoms with Crippen molar-refractivity contribution in [3.05, 3.63) is 28.9 Å². The number of hydrogen-bond acceptors (Lipinski definition) is 4. The van der Waals surface area contributed by atoms with Crippen molar-refractivity contribution >= 4 is 15.9 Å². The maximum atomic E-state index is 5.52. The molecule has 2 aromatic heterocycles. The van der Waals surface area contributed by atoms with Gasteiger partial charge in [-0.25, -0.2) is 4.98 Å². The third-order valence-electron chi connectivity index (χ3n) is 1.96. The van der Waals surface area contributed by atoms with Gasteiger partial charge in [0.15, 0.2) is 22.1 Å². The zero-order valence-corrected chi connectivity index (χ0v) is 9.87. The molecule has 0 aliphatic heterocycles. The molecule has 2 aromatic rings. The molecule has 0 spiro atoms. The predicted octanol–water partition coefficient (Wildman–Crippen LogP) is 2.46. The highest BCUT2D eigenvalue weighted by molar-refractivity contribution is 9.10. The quantitative estimate of drug-likeness (QED) is 0.928. The number of hydrogen-bond donors (Lipinski definition) is 1. The minimum Gasteiger partial charge on any atom is -0.446 e. The van der Waals surface area contributed by atoms with Gasteiger partial charge in [0.2, 0.25) is 0 Å². The van der Waals surface area contributed by atoms with Gasteiger partial charge >= 0.3 is 0 Å². The van der Waals surface area contributed by atoms with Crippen LogP contribution in [-0.2, 0) is 6.42 Å². The van der Waals surface area contributed by atoms with Gasteiger partial charge in [-0.2, -0.15) is 0 Å². The summed E-state index contributed by atoms with van der Waals surface area (Å²) in [4.78, 5) is 4.16. The van der Waals surface area contributed by atoms with Crippen molar-refractivity contribution in [3.63, 3.8) is 0 Å². The highest BCUT2D eigenvalue weighted by Crippen LogP contribution is 2.25. The van der Waals surface area contributed by atoms with E-state index < -0.39 is 0 Å². The molecule has 0 unspecified atom stereocenters. The van der Waals surface area contributed by atoms with Crippen LogP contribution in [0.15, 0.2) is 31.8 Å². The molecule has 2 heterocycles. The number of halogens is 1. The summed E-state index contributed by atoms with van der Waals surface area (Å²) < 4.78 is 11.6. The molecule has 0 bridgehead atoms. The lowest BCUT2D eigenvalue weighted by Gasteiger charge is -1.93. The normalized spacial score (nSPS) is 10.8. The molecule has 80 valence electrons. The summed E-state index contributed by atoms with van der Waals surface area (Å²) in [6, 6.07) is 3.66. The Hall–Kier alpha value is -1.07. The first-order valence-corrected chi connectivity index (χ1v) is 5.44. The molecular formula is C10H11BrN2O2. The van der Waals surface area contributed by atoms with Crippen molar-refractivity contribution in [1.82, 2.24) is 10.3 Å². The lowest BCUT2D eigenvalue weighted by molar-refractivity contribution is 0.473. The maximum Gasteiger partial charge on any atom is 0.196 e. The zero-order valence-electron chi connectivity index (χ0n) is 8.29. The summed E-state index contributed by atoms with van der Waals surface area (Å²) in [6.07, 6.45) is 2.45. The van der Waals surface area contributed by atoms with E-state index in [1.54, 1.807) is 6.20 Å². The van der Waals surface area contributed by atoms with Gasteiger partial charge in [-0.1, -0.05) is 0 Å². The zero-order chi connectivity index (χ0) is 10.7. The van der Waals surface area contributed by atoms with Crippen molar-refractivity contribution in [3.8, 4) is 11.5 Å². The van der Waals surface area contributed by atoms with E-state index in [1.165, 1.54) is 0 Å². The van der Waals surface area contributed by atoms with Gasteiger partial charge in [0.05, 0.1) is 6.20 Å². The van der Waals surface area contributed by atoms with Crippen LogP contribution in [0.25, 0.3) is 11.5 Å². The first-order valence-electron chi connectivity index (χ1n) is 4.64. The minimum atomic E-state index is 0.659. The van der Waals surface area contributed by atoms with Gasteiger partial charge in [0, 0.05) is 13.0 Å². The Morgan fingerprint density at radius 2 is 2.20 bits per heavy atom. The second kappa shape index (κ2) is 4.63. The molecule has 0 saturated heterocycles.